The van der Waals surface area contributed by atoms with Gasteiger partial charge in [0.1, 0.15) is 6.04 Å². The molecule has 0 amide bonds. The lowest BCUT2D eigenvalue weighted by atomic mass is 9.99. The van der Waals surface area contributed by atoms with Crippen molar-refractivity contribution in [2.45, 2.75) is 38.3 Å². The van der Waals surface area contributed by atoms with Crippen LogP contribution in [0.15, 0.2) is 24.3 Å². The van der Waals surface area contributed by atoms with Crippen LogP contribution in [-0.4, -0.2) is 35.1 Å². The minimum atomic E-state index is -0.937. The second-order valence-corrected chi connectivity index (χ2v) is 5.25. The van der Waals surface area contributed by atoms with Crippen LogP contribution in [0.25, 0.3) is 0 Å². The number of nitrogens with zero attached hydrogens (tertiary/aromatic N) is 1. The number of carboxylic acids is 1. The first-order valence-corrected chi connectivity index (χ1v) is 6.94. The molecule has 104 valence electrons. The second kappa shape index (κ2) is 6.68. The van der Waals surface area contributed by atoms with Crippen molar-refractivity contribution < 1.29 is 9.90 Å². The van der Waals surface area contributed by atoms with Crippen LogP contribution in [0.1, 0.15) is 30.4 Å². The molecule has 0 aromatic heterocycles. The van der Waals surface area contributed by atoms with E-state index in [-0.39, 0.29) is 0 Å². The predicted octanol–water partition coefficient (Wildman–Crippen LogP) is 1.63. The number of rotatable bonds is 5. The van der Waals surface area contributed by atoms with Crippen molar-refractivity contribution in [3.63, 3.8) is 0 Å². The number of carboxylic acid groups (broad SMARTS) is 1. The van der Waals surface area contributed by atoms with E-state index in [2.05, 4.69) is 11.0 Å². The van der Waals surface area contributed by atoms with Crippen LogP contribution in [0.3, 0.4) is 0 Å². The Labute approximate surface area is 114 Å². The van der Waals surface area contributed by atoms with Gasteiger partial charge in [0.2, 0.25) is 0 Å². The summed E-state index contributed by atoms with van der Waals surface area (Å²) in [5.74, 6) is -0.937. The lowest BCUT2D eigenvalue weighted by molar-refractivity contribution is -0.138. The molecule has 19 heavy (non-hydrogen) atoms. The lowest BCUT2D eigenvalue weighted by Gasteiger charge is -2.27. The van der Waals surface area contributed by atoms with Crippen molar-refractivity contribution in [2.75, 3.05) is 13.1 Å². The molecule has 1 aromatic carbocycles. The third-order valence-electron chi connectivity index (χ3n) is 3.72. The van der Waals surface area contributed by atoms with Gasteiger partial charge in [-0.25, -0.2) is 0 Å². The molecule has 1 heterocycles. The van der Waals surface area contributed by atoms with Gasteiger partial charge >= 0.3 is 5.97 Å². The van der Waals surface area contributed by atoms with Crippen molar-refractivity contribution >= 4 is 5.97 Å². The Morgan fingerprint density at radius 1 is 1.21 bits per heavy atom. The van der Waals surface area contributed by atoms with Crippen LogP contribution in [0.5, 0.6) is 0 Å². The normalized spacial score (nSPS) is 18.2. The molecule has 1 unspecified atom stereocenters. The fourth-order valence-corrected chi connectivity index (χ4v) is 2.59. The Hall–Kier alpha value is -1.39. The molecule has 1 atom stereocenters. The maximum absolute atomic E-state index is 10.9. The monoisotopic (exact) mass is 262 g/mol. The van der Waals surface area contributed by atoms with E-state index in [1.165, 1.54) is 24.8 Å². The SMILES string of the molecule is NC(Cc1ccccc1CN1CCCCC1)C(=O)O. The van der Waals surface area contributed by atoms with E-state index < -0.39 is 12.0 Å². The van der Waals surface area contributed by atoms with Crippen LogP contribution in [0, 0.1) is 0 Å². The summed E-state index contributed by atoms with van der Waals surface area (Å²) in [5.41, 5.74) is 7.91. The van der Waals surface area contributed by atoms with E-state index >= 15 is 0 Å². The first-order chi connectivity index (χ1) is 9.16. The summed E-state index contributed by atoms with van der Waals surface area (Å²) in [4.78, 5) is 13.3. The summed E-state index contributed by atoms with van der Waals surface area (Å²) < 4.78 is 0. The molecule has 1 aliphatic rings. The fourth-order valence-electron chi connectivity index (χ4n) is 2.59. The second-order valence-electron chi connectivity index (χ2n) is 5.25. The van der Waals surface area contributed by atoms with Gasteiger partial charge in [-0.3, -0.25) is 9.69 Å². The van der Waals surface area contributed by atoms with E-state index in [0.29, 0.717) is 6.42 Å². The topological polar surface area (TPSA) is 66.6 Å². The first-order valence-electron chi connectivity index (χ1n) is 6.94. The zero-order chi connectivity index (χ0) is 13.7. The van der Waals surface area contributed by atoms with E-state index in [0.717, 1.165) is 25.2 Å². The van der Waals surface area contributed by atoms with Gasteiger partial charge in [-0.15, -0.1) is 0 Å². The molecule has 1 fully saturated rings. The highest BCUT2D eigenvalue weighted by Crippen LogP contribution is 2.17. The molecule has 0 bridgehead atoms. The molecule has 4 nitrogen and oxygen atoms in total. The van der Waals surface area contributed by atoms with Gasteiger partial charge < -0.3 is 10.8 Å². The van der Waals surface area contributed by atoms with Gasteiger partial charge in [-0.05, 0) is 43.5 Å². The van der Waals surface area contributed by atoms with Gasteiger partial charge in [0, 0.05) is 6.54 Å². The first kappa shape index (κ1) is 14.0. The van der Waals surface area contributed by atoms with E-state index in [9.17, 15) is 4.79 Å². The van der Waals surface area contributed by atoms with Crippen molar-refractivity contribution in [3.05, 3.63) is 35.4 Å². The van der Waals surface area contributed by atoms with Crippen LogP contribution in [0.4, 0.5) is 0 Å². The Bertz CT molecular complexity index is 428. The van der Waals surface area contributed by atoms with Gasteiger partial charge in [0.25, 0.3) is 0 Å². The average molecular weight is 262 g/mol. The number of hydrogen-bond acceptors (Lipinski definition) is 3. The van der Waals surface area contributed by atoms with Crippen LogP contribution in [0.2, 0.25) is 0 Å². The molecule has 0 aliphatic carbocycles. The molecular weight excluding hydrogens is 240 g/mol. The quantitative estimate of drug-likeness (QED) is 0.846. The summed E-state index contributed by atoms with van der Waals surface area (Å²) in [6.07, 6.45) is 4.25. The third-order valence-corrected chi connectivity index (χ3v) is 3.72. The fraction of sp³-hybridized carbons (Fsp3) is 0.533. The molecule has 0 spiro atoms. The van der Waals surface area contributed by atoms with Gasteiger partial charge in [-0.1, -0.05) is 30.7 Å². The largest absolute Gasteiger partial charge is 0.480 e. The molecule has 1 saturated heterocycles. The Balaban J connectivity index is 2.04. The zero-order valence-corrected chi connectivity index (χ0v) is 11.2. The number of nitrogens with two attached hydrogens (primary N) is 1. The molecule has 4 heteroatoms. The minimum absolute atomic E-state index is 0.402. The molecular formula is C15H22N2O2. The lowest BCUT2D eigenvalue weighted by Crippen LogP contribution is -2.33. The Morgan fingerprint density at radius 3 is 2.47 bits per heavy atom. The molecule has 1 aliphatic heterocycles. The Kier molecular flexibility index (Phi) is 4.93. The van der Waals surface area contributed by atoms with Crippen molar-refractivity contribution in [1.82, 2.24) is 4.90 Å². The van der Waals surface area contributed by atoms with Crippen LogP contribution >= 0.6 is 0 Å². The van der Waals surface area contributed by atoms with Crippen molar-refractivity contribution in [1.29, 1.82) is 0 Å². The summed E-state index contributed by atoms with van der Waals surface area (Å²) >= 11 is 0. The third kappa shape index (κ3) is 4.04. The molecule has 2 rings (SSSR count). The van der Waals surface area contributed by atoms with Crippen molar-refractivity contribution in [3.8, 4) is 0 Å². The molecule has 3 N–H and O–H groups in total. The number of aliphatic carboxylic acids is 1. The van der Waals surface area contributed by atoms with Gasteiger partial charge in [0.15, 0.2) is 0 Å². The average Bonchev–Trinajstić information content (AvgIpc) is 2.42. The molecule has 0 saturated carbocycles. The summed E-state index contributed by atoms with van der Waals surface area (Å²) in [5, 5.41) is 8.92. The predicted molar refractivity (Wildman–Crippen MR) is 74.9 cm³/mol. The Morgan fingerprint density at radius 2 is 1.84 bits per heavy atom. The number of carbonyl (C=O) groups is 1. The summed E-state index contributed by atoms with van der Waals surface area (Å²) in [6.45, 7) is 3.18. The van der Waals surface area contributed by atoms with Crippen LogP contribution in [-0.2, 0) is 17.8 Å². The highest BCUT2D eigenvalue weighted by atomic mass is 16.4. The van der Waals surface area contributed by atoms with E-state index in [1.54, 1.807) is 0 Å². The zero-order valence-electron chi connectivity index (χ0n) is 11.2. The standard InChI is InChI=1S/C15H22N2O2/c16-14(15(18)19)10-12-6-2-3-7-13(12)11-17-8-4-1-5-9-17/h2-3,6-7,14H,1,4-5,8-11,16H2,(H,18,19). The van der Waals surface area contributed by atoms with Gasteiger partial charge in [-0.2, -0.15) is 0 Å². The summed E-state index contributed by atoms with van der Waals surface area (Å²) in [6, 6.07) is 7.21. The van der Waals surface area contributed by atoms with E-state index in [1.807, 2.05) is 18.2 Å². The van der Waals surface area contributed by atoms with Crippen molar-refractivity contribution in [2.24, 2.45) is 5.73 Å². The number of piperidine rings is 1. The molecule has 0 radical (unpaired) electrons. The molecule has 1 aromatic rings. The smallest absolute Gasteiger partial charge is 0.320 e. The number of likely N-dealkylation sites (tertiary alicyclic amines) is 1. The van der Waals surface area contributed by atoms with E-state index in [4.69, 9.17) is 10.8 Å². The highest BCUT2D eigenvalue weighted by molar-refractivity contribution is 5.73. The highest BCUT2D eigenvalue weighted by Gasteiger charge is 2.16. The van der Waals surface area contributed by atoms with Crippen LogP contribution < -0.4 is 5.73 Å². The maximum atomic E-state index is 10.9. The summed E-state index contributed by atoms with van der Waals surface area (Å²) in [7, 11) is 0. The number of benzene rings is 1. The van der Waals surface area contributed by atoms with Gasteiger partial charge in [0.05, 0.1) is 0 Å². The minimum Gasteiger partial charge on any atom is -0.480 e. The number of hydrogen-bond donors (Lipinski definition) is 2. The maximum Gasteiger partial charge on any atom is 0.320 e.